The maximum atomic E-state index is 5.80. The summed E-state index contributed by atoms with van der Waals surface area (Å²) < 4.78 is 0. The van der Waals surface area contributed by atoms with E-state index < -0.39 is 0 Å². The molecule has 1 saturated carbocycles. The second-order valence-corrected chi connectivity index (χ2v) is 3.18. The molecule has 0 saturated heterocycles. The van der Waals surface area contributed by atoms with Crippen LogP contribution in [0.3, 0.4) is 0 Å². The Morgan fingerprint density at radius 1 is 1.64 bits per heavy atom. The van der Waals surface area contributed by atoms with Crippen LogP contribution in [0.1, 0.15) is 25.6 Å². The molecule has 0 bridgehead atoms. The standard InChI is InChI=1S/C6H11N5/c1-4(7)6(2-3-6)5-8-10-11-9-5/h4H,2-3,7H2,1H3,(H,8,9,10,11). The first-order valence-electron chi connectivity index (χ1n) is 3.75. The van der Waals surface area contributed by atoms with E-state index in [-0.39, 0.29) is 11.5 Å². The summed E-state index contributed by atoms with van der Waals surface area (Å²) in [7, 11) is 0. The van der Waals surface area contributed by atoms with Crippen molar-refractivity contribution in [3.63, 3.8) is 0 Å². The molecular formula is C6H11N5. The Bertz CT molecular complexity index is 235. The fourth-order valence-corrected chi connectivity index (χ4v) is 1.39. The van der Waals surface area contributed by atoms with E-state index in [1.54, 1.807) is 0 Å². The van der Waals surface area contributed by atoms with Crippen LogP contribution in [0.15, 0.2) is 0 Å². The number of tetrazole rings is 1. The maximum absolute atomic E-state index is 5.80. The van der Waals surface area contributed by atoms with E-state index in [0.29, 0.717) is 0 Å². The summed E-state index contributed by atoms with van der Waals surface area (Å²) in [6.45, 7) is 1.99. The molecule has 11 heavy (non-hydrogen) atoms. The molecule has 1 heterocycles. The zero-order valence-corrected chi connectivity index (χ0v) is 6.41. The van der Waals surface area contributed by atoms with Gasteiger partial charge in [0.15, 0.2) is 5.82 Å². The van der Waals surface area contributed by atoms with Crippen LogP contribution in [-0.2, 0) is 5.41 Å². The number of nitrogens with two attached hydrogens (primary N) is 1. The highest BCUT2D eigenvalue weighted by atomic mass is 15.5. The van der Waals surface area contributed by atoms with Gasteiger partial charge in [0.25, 0.3) is 0 Å². The van der Waals surface area contributed by atoms with Gasteiger partial charge in [0.05, 0.1) is 0 Å². The fourth-order valence-electron chi connectivity index (χ4n) is 1.39. The smallest absolute Gasteiger partial charge is 0.182 e. The van der Waals surface area contributed by atoms with Gasteiger partial charge in [-0.2, -0.15) is 5.21 Å². The molecule has 0 amide bonds. The van der Waals surface area contributed by atoms with Crippen LogP contribution in [0.5, 0.6) is 0 Å². The van der Waals surface area contributed by atoms with Crippen molar-refractivity contribution >= 4 is 0 Å². The van der Waals surface area contributed by atoms with Crippen molar-refractivity contribution in [2.45, 2.75) is 31.2 Å². The first-order valence-corrected chi connectivity index (χ1v) is 3.75. The van der Waals surface area contributed by atoms with Crippen molar-refractivity contribution in [3.8, 4) is 0 Å². The lowest BCUT2D eigenvalue weighted by atomic mass is 9.98. The molecule has 0 spiro atoms. The maximum Gasteiger partial charge on any atom is 0.182 e. The number of nitrogens with zero attached hydrogens (tertiary/aromatic N) is 3. The normalized spacial score (nSPS) is 23.1. The second kappa shape index (κ2) is 2.01. The van der Waals surface area contributed by atoms with Gasteiger partial charge in [0.2, 0.25) is 0 Å². The van der Waals surface area contributed by atoms with Crippen LogP contribution in [0.2, 0.25) is 0 Å². The Labute approximate surface area is 64.4 Å². The molecule has 2 rings (SSSR count). The Balaban J connectivity index is 2.29. The summed E-state index contributed by atoms with van der Waals surface area (Å²) in [4.78, 5) is 0. The summed E-state index contributed by atoms with van der Waals surface area (Å²) in [5.41, 5.74) is 5.84. The highest BCUT2D eigenvalue weighted by Crippen LogP contribution is 2.48. The first-order chi connectivity index (χ1) is 5.26. The van der Waals surface area contributed by atoms with Gasteiger partial charge in [-0.3, -0.25) is 0 Å². The Hall–Kier alpha value is -0.970. The molecule has 1 aliphatic rings. The molecule has 1 unspecified atom stereocenters. The largest absolute Gasteiger partial charge is 0.327 e. The number of aromatic nitrogens is 4. The summed E-state index contributed by atoms with van der Waals surface area (Å²) >= 11 is 0. The highest BCUT2D eigenvalue weighted by Gasteiger charge is 2.51. The third-order valence-corrected chi connectivity index (χ3v) is 2.45. The minimum absolute atomic E-state index is 0.0347. The van der Waals surface area contributed by atoms with Crippen LogP contribution in [0.4, 0.5) is 0 Å². The summed E-state index contributed by atoms with van der Waals surface area (Å²) in [6.07, 6.45) is 2.17. The molecule has 5 heteroatoms. The molecule has 0 radical (unpaired) electrons. The molecule has 0 aliphatic heterocycles. The Morgan fingerprint density at radius 3 is 2.73 bits per heavy atom. The van der Waals surface area contributed by atoms with Gasteiger partial charge in [-0.05, 0) is 19.8 Å². The van der Waals surface area contributed by atoms with E-state index in [4.69, 9.17) is 5.73 Å². The third-order valence-electron chi connectivity index (χ3n) is 2.45. The number of rotatable bonds is 2. The van der Waals surface area contributed by atoms with Gasteiger partial charge in [-0.25, -0.2) is 0 Å². The minimum Gasteiger partial charge on any atom is -0.327 e. The molecule has 1 aromatic rings. The van der Waals surface area contributed by atoms with Gasteiger partial charge in [0, 0.05) is 11.5 Å². The van der Waals surface area contributed by atoms with Gasteiger partial charge in [-0.15, -0.1) is 10.2 Å². The summed E-state index contributed by atoms with van der Waals surface area (Å²) in [6, 6.07) is 0.125. The summed E-state index contributed by atoms with van der Waals surface area (Å²) in [5, 5.41) is 13.9. The van der Waals surface area contributed by atoms with Gasteiger partial charge >= 0.3 is 0 Å². The van der Waals surface area contributed by atoms with Crippen molar-refractivity contribution < 1.29 is 0 Å². The zero-order valence-electron chi connectivity index (χ0n) is 6.41. The molecule has 3 N–H and O–H groups in total. The van der Waals surface area contributed by atoms with E-state index in [0.717, 1.165) is 18.7 Å². The predicted molar refractivity (Wildman–Crippen MR) is 38.7 cm³/mol. The Kier molecular flexibility index (Phi) is 1.23. The molecule has 1 atom stereocenters. The number of hydrogen-bond acceptors (Lipinski definition) is 4. The van der Waals surface area contributed by atoms with Crippen molar-refractivity contribution in [3.05, 3.63) is 5.82 Å². The molecule has 5 nitrogen and oxygen atoms in total. The van der Waals surface area contributed by atoms with Crippen molar-refractivity contribution in [2.75, 3.05) is 0 Å². The highest BCUT2D eigenvalue weighted by molar-refractivity contribution is 5.19. The lowest BCUT2D eigenvalue weighted by Gasteiger charge is -2.13. The predicted octanol–water partition coefficient (Wildman–Crippen LogP) is -0.422. The van der Waals surface area contributed by atoms with Gasteiger partial charge in [-0.1, -0.05) is 5.21 Å². The summed E-state index contributed by atoms with van der Waals surface area (Å²) in [5.74, 6) is 0.771. The first kappa shape index (κ1) is 6.72. The second-order valence-electron chi connectivity index (χ2n) is 3.18. The van der Waals surface area contributed by atoms with Crippen molar-refractivity contribution in [1.29, 1.82) is 0 Å². The van der Waals surface area contributed by atoms with Crippen molar-refractivity contribution in [1.82, 2.24) is 20.6 Å². The van der Waals surface area contributed by atoms with Crippen LogP contribution in [0.25, 0.3) is 0 Å². The third kappa shape index (κ3) is 0.841. The SMILES string of the molecule is CC(N)C1(c2nn[nH]n2)CC1. The average molecular weight is 153 g/mol. The topological polar surface area (TPSA) is 80.5 Å². The number of H-pyrrole nitrogens is 1. The number of nitrogens with one attached hydrogen (secondary N) is 1. The van der Waals surface area contributed by atoms with Crippen LogP contribution < -0.4 is 5.73 Å². The molecule has 1 aliphatic carbocycles. The molecule has 60 valence electrons. The van der Waals surface area contributed by atoms with Crippen LogP contribution >= 0.6 is 0 Å². The number of hydrogen-bond donors (Lipinski definition) is 2. The van der Waals surface area contributed by atoms with Crippen LogP contribution in [-0.4, -0.2) is 26.7 Å². The monoisotopic (exact) mass is 153 g/mol. The van der Waals surface area contributed by atoms with E-state index >= 15 is 0 Å². The Morgan fingerprint density at radius 2 is 2.36 bits per heavy atom. The quantitative estimate of drug-likeness (QED) is 0.604. The molecule has 1 fully saturated rings. The lowest BCUT2D eigenvalue weighted by molar-refractivity contribution is 0.526. The minimum atomic E-state index is 0.0347. The van der Waals surface area contributed by atoms with Gasteiger partial charge < -0.3 is 5.73 Å². The number of aromatic amines is 1. The fraction of sp³-hybridized carbons (Fsp3) is 0.833. The van der Waals surface area contributed by atoms with Gasteiger partial charge in [0.1, 0.15) is 0 Å². The molecule has 1 aromatic heterocycles. The van der Waals surface area contributed by atoms with E-state index in [1.165, 1.54) is 0 Å². The van der Waals surface area contributed by atoms with E-state index in [2.05, 4.69) is 20.6 Å². The van der Waals surface area contributed by atoms with E-state index in [9.17, 15) is 0 Å². The molecule has 0 aromatic carbocycles. The zero-order chi connectivity index (χ0) is 7.90. The van der Waals surface area contributed by atoms with Crippen LogP contribution in [0, 0.1) is 0 Å². The van der Waals surface area contributed by atoms with Crippen molar-refractivity contribution in [2.24, 2.45) is 5.73 Å². The molecular weight excluding hydrogens is 142 g/mol. The average Bonchev–Trinajstić information content (AvgIpc) is 2.61. The lowest BCUT2D eigenvalue weighted by Crippen LogP contribution is -2.32. The van der Waals surface area contributed by atoms with E-state index in [1.807, 2.05) is 6.92 Å².